The van der Waals surface area contributed by atoms with E-state index < -0.39 is 43.7 Å². The van der Waals surface area contributed by atoms with E-state index in [1.165, 1.54) is 13.2 Å². The number of benzene rings is 1. The first-order valence-electron chi connectivity index (χ1n) is 8.46. The number of aliphatic hydroxyl groups is 1. The summed E-state index contributed by atoms with van der Waals surface area (Å²) < 4.78 is 39.2. The maximum atomic E-state index is 14.1. The summed E-state index contributed by atoms with van der Waals surface area (Å²) >= 11 is 0. The van der Waals surface area contributed by atoms with Crippen LogP contribution in [0, 0.1) is 19.7 Å². The number of aryl methyl sites for hydroxylation is 2. The molecule has 1 atom stereocenters. The van der Waals surface area contributed by atoms with Crippen LogP contribution in [0.2, 0.25) is 0 Å². The minimum Gasteiger partial charge on any atom is -0.379 e. The van der Waals surface area contributed by atoms with Gasteiger partial charge in [0.05, 0.1) is 16.2 Å². The van der Waals surface area contributed by atoms with Gasteiger partial charge < -0.3 is 10.4 Å². The smallest absolute Gasteiger partial charge is 0.259 e. The number of aromatic nitrogens is 2. The molecule has 0 aliphatic heterocycles. The fourth-order valence-corrected chi connectivity index (χ4v) is 3.95. The Labute approximate surface area is 167 Å². The van der Waals surface area contributed by atoms with Crippen molar-refractivity contribution < 1.29 is 27.5 Å². The molecule has 11 heteroatoms. The van der Waals surface area contributed by atoms with Crippen molar-refractivity contribution in [3.05, 3.63) is 47.0 Å². The molecule has 2 aromatic rings. The normalized spacial score (nSPS) is 13.4. The number of rotatable bonds is 6. The second kappa shape index (κ2) is 8.21. The zero-order chi connectivity index (χ0) is 22.0. The topological polar surface area (TPSA) is 138 Å². The lowest BCUT2D eigenvalue weighted by Crippen LogP contribution is -2.46. The molecule has 0 aliphatic rings. The van der Waals surface area contributed by atoms with E-state index in [2.05, 4.69) is 20.6 Å². The molecule has 29 heavy (non-hydrogen) atoms. The highest BCUT2D eigenvalue weighted by atomic mass is 32.2. The monoisotopic (exact) mass is 424 g/mol. The molecule has 0 fully saturated rings. The van der Waals surface area contributed by atoms with Gasteiger partial charge in [0.15, 0.2) is 15.4 Å². The lowest BCUT2D eigenvalue weighted by molar-refractivity contribution is -0.130. The maximum absolute atomic E-state index is 14.1. The molecule has 0 unspecified atom stereocenters. The average Bonchev–Trinajstić information content (AvgIpc) is 2.63. The van der Waals surface area contributed by atoms with Crippen LogP contribution in [0.1, 0.15) is 28.5 Å². The summed E-state index contributed by atoms with van der Waals surface area (Å²) in [4.78, 5) is 31.3. The molecule has 1 heterocycles. The third kappa shape index (κ3) is 5.12. The highest BCUT2D eigenvalue weighted by Crippen LogP contribution is 2.21. The van der Waals surface area contributed by atoms with Crippen molar-refractivity contribution in [3.8, 4) is 0 Å². The van der Waals surface area contributed by atoms with E-state index in [-0.39, 0.29) is 11.5 Å². The lowest BCUT2D eigenvalue weighted by atomic mass is 10.1. The summed E-state index contributed by atoms with van der Waals surface area (Å²) in [5, 5.41) is 14.9. The van der Waals surface area contributed by atoms with Crippen LogP contribution in [-0.4, -0.2) is 53.7 Å². The quantitative estimate of drug-likeness (QED) is 0.622. The number of amides is 2. The zero-order valence-electron chi connectivity index (χ0n) is 16.3. The predicted molar refractivity (Wildman–Crippen MR) is 103 cm³/mol. The Morgan fingerprint density at radius 2 is 1.93 bits per heavy atom. The van der Waals surface area contributed by atoms with Gasteiger partial charge in [-0.05, 0) is 44.5 Å². The number of anilines is 1. The third-order valence-corrected chi connectivity index (χ3v) is 6.10. The van der Waals surface area contributed by atoms with Crippen molar-refractivity contribution in [2.24, 2.45) is 0 Å². The van der Waals surface area contributed by atoms with E-state index >= 15 is 0 Å². The van der Waals surface area contributed by atoms with Gasteiger partial charge in [-0.1, -0.05) is 0 Å². The molecule has 0 saturated heterocycles. The number of nitrogens with one attached hydrogen (secondary N) is 2. The fraction of sp³-hybridized carbons (Fsp3) is 0.333. The first-order chi connectivity index (χ1) is 13.4. The zero-order valence-corrected chi connectivity index (χ0v) is 17.1. The summed E-state index contributed by atoms with van der Waals surface area (Å²) in [6, 6.07) is 2.71. The summed E-state index contributed by atoms with van der Waals surface area (Å²) in [6.45, 7) is 4.49. The Morgan fingerprint density at radius 1 is 1.28 bits per heavy atom. The second-order valence-electron chi connectivity index (χ2n) is 6.67. The van der Waals surface area contributed by atoms with Crippen LogP contribution >= 0.6 is 0 Å². The molecule has 2 rings (SSSR count). The van der Waals surface area contributed by atoms with E-state index in [0.29, 0.717) is 11.8 Å². The molecule has 0 saturated carbocycles. The van der Waals surface area contributed by atoms with E-state index in [1.807, 2.05) is 0 Å². The van der Waals surface area contributed by atoms with Crippen molar-refractivity contribution in [2.75, 3.05) is 18.1 Å². The van der Waals surface area contributed by atoms with Crippen molar-refractivity contribution in [3.63, 3.8) is 0 Å². The second-order valence-corrected chi connectivity index (χ2v) is 8.66. The molecule has 0 radical (unpaired) electrons. The lowest BCUT2D eigenvalue weighted by Gasteiger charge is -2.22. The minimum absolute atomic E-state index is 0.0863. The maximum Gasteiger partial charge on any atom is 0.259 e. The first kappa shape index (κ1) is 22.4. The number of nitrogens with zero attached hydrogens (tertiary/aromatic N) is 2. The molecular formula is C18H21FN4O5S. The standard InChI is InChI=1S/C18H21FN4O5S/c1-10-8-21-17(22-11(10)2)23-16(25)18(3,26)9-29(27,28)12-5-6-13(14(19)7-12)15(24)20-4/h5-8,26H,9H2,1-4H3,(H,20,24)(H,21,22,23,25)/t18-/m0/s1. The number of carbonyl (C=O) groups excluding carboxylic acids is 2. The molecular weight excluding hydrogens is 403 g/mol. The van der Waals surface area contributed by atoms with E-state index in [1.54, 1.807) is 13.8 Å². The van der Waals surface area contributed by atoms with Gasteiger partial charge in [0.25, 0.3) is 11.8 Å². The van der Waals surface area contributed by atoms with Crippen LogP contribution in [0.3, 0.4) is 0 Å². The molecule has 1 aromatic carbocycles. The van der Waals surface area contributed by atoms with E-state index in [0.717, 1.165) is 24.6 Å². The molecule has 3 N–H and O–H groups in total. The highest BCUT2D eigenvalue weighted by molar-refractivity contribution is 7.91. The molecule has 0 bridgehead atoms. The van der Waals surface area contributed by atoms with Gasteiger partial charge in [-0.25, -0.2) is 22.8 Å². The van der Waals surface area contributed by atoms with Crippen LogP contribution in [-0.2, 0) is 14.6 Å². The first-order valence-corrected chi connectivity index (χ1v) is 10.1. The Hall–Kier alpha value is -2.92. The van der Waals surface area contributed by atoms with E-state index in [9.17, 15) is 27.5 Å². The average molecular weight is 424 g/mol. The largest absolute Gasteiger partial charge is 0.379 e. The van der Waals surface area contributed by atoms with Crippen LogP contribution in [0.4, 0.5) is 10.3 Å². The van der Waals surface area contributed by atoms with Gasteiger partial charge in [0.2, 0.25) is 5.95 Å². The van der Waals surface area contributed by atoms with Gasteiger partial charge in [0, 0.05) is 18.9 Å². The van der Waals surface area contributed by atoms with Crippen molar-refractivity contribution in [2.45, 2.75) is 31.3 Å². The third-order valence-electron chi connectivity index (χ3n) is 4.18. The Bertz CT molecular complexity index is 1070. The van der Waals surface area contributed by atoms with Gasteiger partial charge in [-0.2, -0.15) is 0 Å². The van der Waals surface area contributed by atoms with Crippen LogP contribution in [0.5, 0.6) is 0 Å². The van der Waals surface area contributed by atoms with Crippen molar-refractivity contribution in [1.29, 1.82) is 0 Å². The predicted octanol–water partition coefficient (Wildman–Crippen LogP) is 0.756. The number of sulfone groups is 1. The van der Waals surface area contributed by atoms with Gasteiger partial charge >= 0.3 is 0 Å². The van der Waals surface area contributed by atoms with Crippen LogP contribution in [0.15, 0.2) is 29.3 Å². The number of carbonyl (C=O) groups is 2. The molecule has 1 aromatic heterocycles. The molecule has 9 nitrogen and oxygen atoms in total. The molecule has 2 amide bonds. The highest BCUT2D eigenvalue weighted by Gasteiger charge is 2.37. The van der Waals surface area contributed by atoms with Gasteiger partial charge in [0.1, 0.15) is 5.82 Å². The SMILES string of the molecule is CNC(=O)c1ccc(S(=O)(=O)C[C@](C)(O)C(=O)Nc2ncc(C)c(C)n2)cc1F. The number of hydrogen-bond donors (Lipinski definition) is 3. The summed E-state index contributed by atoms with van der Waals surface area (Å²) in [6.07, 6.45) is 1.47. The number of halogens is 1. The van der Waals surface area contributed by atoms with Crippen LogP contribution in [0.25, 0.3) is 0 Å². The van der Waals surface area contributed by atoms with Gasteiger partial charge in [-0.15, -0.1) is 0 Å². The molecule has 156 valence electrons. The fourth-order valence-electron chi connectivity index (χ4n) is 2.35. The van der Waals surface area contributed by atoms with E-state index in [4.69, 9.17) is 0 Å². The summed E-state index contributed by atoms with van der Waals surface area (Å²) in [5.41, 5.74) is -1.28. The minimum atomic E-state index is -4.27. The molecule has 0 spiro atoms. The summed E-state index contributed by atoms with van der Waals surface area (Å²) in [5.74, 6) is -3.90. The summed E-state index contributed by atoms with van der Waals surface area (Å²) in [7, 11) is -2.96. The van der Waals surface area contributed by atoms with Crippen LogP contribution < -0.4 is 10.6 Å². The van der Waals surface area contributed by atoms with Crippen molar-refractivity contribution in [1.82, 2.24) is 15.3 Å². The molecule has 0 aliphatic carbocycles. The van der Waals surface area contributed by atoms with Gasteiger partial charge in [-0.3, -0.25) is 14.9 Å². The Kier molecular flexibility index (Phi) is 6.34. The Morgan fingerprint density at radius 3 is 2.48 bits per heavy atom. The van der Waals surface area contributed by atoms with Crippen molar-refractivity contribution >= 4 is 27.6 Å². The number of hydrogen-bond acceptors (Lipinski definition) is 7. The Balaban J connectivity index is 2.23.